The molecular weight excluding hydrogens is 258 g/mol. The summed E-state index contributed by atoms with van der Waals surface area (Å²) in [7, 11) is 0. The highest BCUT2D eigenvalue weighted by Crippen LogP contribution is 2.11. The summed E-state index contributed by atoms with van der Waals surface area (Å²) in [5, 5.41) is 11.6. The van der Waals surface area contributed by atoms with Crippen molar-refractivity contribution in [2.45, 2.75) is 45.3 Å². The minimum Gasteiger partial charge on any atom is -0.481 e. The van der Waals surface area contributed by atoms with Gasteiger partial charge in [-0.2, -0.15) is 0 Å². The highest BCUT2D eigenvalue weighted by Gasteiger charge is 2.23. The Balaban J connectivity index is 2.53. The Morgan fingerprint density at radius 3 is 2.50 bits per heavy atom. The molecule has 1 amide bonds. The number of amides is 1. The van der Waals surface area contributed by atoms with Gasteiger partial charge in [0.2, 0.25) is 0 Å². The fourth-order valence-electron chi connectivity index (χ4n) is 1.71. The monoisotopic (exact) mass is 279 g/mol. The van der Waals surface area contributed by atoms with Crippen LogP contribution in [-0.4, -0.2) is 29.1 Å². The lowest BCUT2D eigenvalue weighted by Gasteiger charge is -2.18. The minimum atomic E-state index is -1.02. The molecule has 0 saturated heterocycles. The first-order valence-corrected chi connectivity index (χ1v) is 6.79. The molecule has 5 heteroatoms. The molecule has 2 atom stereocenters. The predicted molar refractivity (Wildman–Crippen MR) is 75.6 cm³/mol. The molecule has 1 aromatic rings. The molecule has 5 nitrogen and oxygen atoms in total. The molecule has 0 heterocycles. The Kier molecular flexibility index (Phi) is 6.56. The van der Waals surface area contributed by atoms with Crippen molar-refractivity contribution in [2.24, 2.45) is 0 Å². The summed E-state index contributed by atoms with van der Waals surface area (Å²) in [6, 6.07) is 8.10. The Morgan fingerprint density at radius 1 is 1.30 bits per heavy atom. The van der Waals surface area contributed by atoms with Crippen molar-refractivity contribution in [3.8, 4) is 5.75 Å². The molecule has 0 radical (unpaired) electrons. The third-order valence-electron chi connectivity index (χ3n) is 2.89. The number of carboxylic acid groups (broad SMARTS) is 1. The number of hydrogen-bond donors (Lipinski definition) is 2. The molecule has 0 fully saturated rings. The molecule has 1 aromatic carbocycles. The van der Waals surface area contributed by atoms with Gasteiger partial charge < -0.3 is 15.2 Å². The first kappa shape index (κ1) is 16.0. The minimum absolute atomic E-state index is 0.419. The lowest BCUT2D eigenvalue weighted by molar-refractivity contribution is -0.143. The summed E-state index contributed by atoms with van der Waals surface area (Å²) < 4.78 is 5.46. The fraction of sp³-hybridized carbons (Fsp3) is 0.467. The zero-order valence-electron chi connectivity index (χ0n) is 11.8. The highest BCUT2D eigenvalue weighted by molar-refractivity contribution is 5.86. The summed E-state index contributed by atoms with van der Waals surface area (Å²) in [5.41, 5.74) is 0. The number of aliphatic carboxylic acids is 1. The van der Waals surface area contributed by atoms with Crippen molar-refractivity contribution < 1.29 is 19.4 Å². The number of nitrogens with one attached hydrogen (secondary N) is 1. The van der Waals surface area contributed by atoms with Crippen molar-refractivity contribution in [1.29, 1.82) is 0 Å². The number of carbonyl (C=O) groups is 2. The summed E-state index contributed by atoms with van der Waals surface area (Å²) in [6.45, 7) is 3.57. The van der Waals surface area contributed by atoms with Crippen LogP contribution < -0.4 is 10.1 Å². The fourth-order valence-corrected chi connectivity index (χ4v) is 1.71. The van der Waals surface area contributed by atoms with Crippen molar-refractivity contribution in [2.75, 3.05) is 0 Å². The van der Waals surface area contributed by atoms with Crippen LogP contribution in [0.15, 0.2) is 30.3 Å². The lowest BCUT2D eigenvalue weighted by Crippen LogP contribution is -2.46. The second-order valence-corrected chi connectivity index (χ2v) is 4.61. The number of ether oxygens (including phenoxy) is 1. The molecule has 1 rings (SSSR count). The highest BCUT2D eigenvalue weighted by atomic mass is 16.5. The second kappa shape index (κ2) is 8.19. The zero-order valence-corrected chi connectivity index (χ0v) is 11.8. The van der Waals surface area contributed by atoms with E-state index in [-0.39, 0.29) is 0 Å². The SMILES string of the molecule is CCCC[C@H](NC(=O)C(C)Oc1ccccc1)C(=O)O. The lowest BCUT2D eigenvalue weighted by atomic mass is 10.1. The van der Waals surface area contributed by atoms with Crippen LogP contribution in [0.2, 0.25) is 0 Å². The molecule has 1 unspecified atom stereocenters. The van der Waals surface area contributed by atoms with Crippen molar-refractivity contribution in [3.05, 3.63) is 30.3 Å². The van der Waals surface area contributed by atoms with Gasteiger partial charge in [-0.05, 0) is 25.5 Å². The van der Waals surface area contributed by atoms with Gasteiger partial charge in [-0.3, -0.25) is 4.79 Å². The second-order valence-electron chi connectivity index (χ2n) is 4.61. The number of carboxylic acids is 1. The van der Waals surface area contributed by atoms with E-state index in [1.54, 1.807) is 31.2 Å². The van der Waals surface area contributed by atoms with Crippen LogP contribution in [0.25, 0.3) is 0 Å². The van der Waals surface area contributed by atoms with Crippen LogP contribution in [0.5, 0.6) is 5.75 Å². The average molecular weight is 279 g/mol. The van der Waals surface area contributed by atoms with Gasteiger partial charge in [-0.1, -0.05) is 38.0 Å². The topological polar surface area (TPSA) is 75.6 Å². The van der Waals surface area contributed by atoms with E-state index in [9.17, 15) is 9.59 Å². The van der Waals surface area contributed by atoms with Gasteiger partial charge >= 0.3 is 5.97 Å². The number of rotatable bonds is 8. The van der Waals surface area contributed by atoms with E-state index in [4.69, 9.17) is 9.84 Å². The van der Waals surface area contributed by atoms with Crippen LogP contribution in [-0.2, 0) is 9.59 Å². The van der Waals surface area contributed by atoms with Gasteiger partial charge in [0, 0.05) is 0 Å². The molecule has 110 valence electrons. The van der Waals surface area contributed by atoms with Crippen LogP contribution in [0.1, 0.15) is 33.1 Å². The predicted octanol–water partition coefficient (Wildman–Crippen LogP) is 2.21. The zero-order chi connectivity index (χ0) is 15.0. The third-order valence-corrected chi connectivity index (χ3v) is 2.89. The molecule has 0 aliphatic rings. The molecule has 0 spiro atoms. The normalized spacial score (nSPS) is 13.3. The van der Waals surface area contributed by atoms with Gasteiger partial charge in [0.25, 0.3) is 5.91 Å². The number of unbranched alkanes of at least 4 members (excludes halogenated alkanes) is 1. The maximum Gasteiger partial charge on any atom is 0.326 e. The Bertz CT molecular complexity index is 433. The van der Waals surface area contributed by atoms with Crippen LogP contribution in [0.3, 0.4) is 0 Å². The Labute approximate surface area is 118 Å². The van der Waals surface area contributed by atoms with Crippen molar-refractivity contribution in [3.63, 3.8) is 0 Å². The summed E-state index contributed by atoms with van der Waals surface area (Å²) in [4.78, 5) is 23.0. The Hall–Kier alpha value is -2.04. The van der Waals surface area contributed by atoms with Crippen LogP contribution in [0.4, 0.5) is 0 Å². The molecule has 20 heavy (non-hydrogen) atoms. The van der Waals surface area contributed by atoms with E-state index in [0.29, 0.717) is 12.2 Å². The summed E-state index contributed by atoms with van der Waals surface area (Å²) in [5.74, 6) is -0.855. The van der Waals surface area contributed by atoms with Crippen LogP contribution >= 0.6 is 0 Å². The van der Waals surface area contributed by atoms with E-state index < -0.39 is 24.0 Å². The Morgan fingerprint density at radius 2 is 1.95 bits per heavy atom. The van der Waals surface area contributed by atoms with Gasteiger partial charge in [0.05, 0.1) is 0 Å². The van der Waals surface area contributed by atoms with E-state index in [1.165, 1.54) is 0 Å². The molecule has 0 saturated carbocycles. The standard InChI is InChI=1S/C15H21NO4/c1-3-4-10-13(15(18)19)16-14(17)11(2)20-12-8-6-5-7-9-12/h5-9,11,13H,3-4,10H2,1-2H3,(H,16,17)(H,18,19)/t11?,13-/m0/s1. The largest absolute Gasteiger partial charge is 0.481 e. The van der Waals surface area contributed by atoms with E-state index in [1.807, 2.05) is 13.0 Å². The summed E-state index contributed by atoms with van der Waals surface area (Å²) >= 11 is 0. The quantitative estimate of drug-likeness (QED) is 0.765. The maximum atomic E-state index is 11.9. The summed E-state index contributed by atoms with van der Waals surface area (Å²) in [6.07, 6.45) is 1.33. The van der Waals surface area contributed by atoms with Crippen molar-refractivity contribution in [1.82, 2.24) is 5.32 Å². The van der Waals surface area contributed by atoms with Crippen LogP contribution in [0, 0.1) is 0 Å². The van der Waals surface area contributed by atoms with Gasteiger partial charge in [0.15, 0.2) is 6.10 Å². The first-order chi connectivity index (χ1) is 9.54. The number of para-hydroxylation sites is 1. The number of hydrogen-bond acceptors (Lipinski definition) is 3. The van der Waals surface area contributed by atoms with Gasteiger partial charge in [0.1, 0.15) is 11.8 Å². The molecule has 0 aromatic heterocycles. The van der Waals surface area contributed by atoms with E-state index >= 15 is 0 Å². The van der Waals surface area contributed by atoms with Crippen molar-refractivity contribution >= 4 is 11.9 Å². The average Bonchev–Trinajstić information content (AvgIpc) is 2.43. The first-order valence-electron chi connectivity index (χ1n) is 6.79. The molecule has 0 aliphatic heterocycles. The molecule has 2 N–H and O–H groups in total. The molecular formula is C15H21NO4. The molecule has 0 bridgehead atoms. The smallest absolute Gasteiger partial charge is 0.326 e. The van der Waals surface area contributed by atoms with Gasteiger partial charge in [-0.15, -0.1) is 0 Å². The third kappa shape index (κ3) is 5.30. The van der Waals surface area contributed by atoms with E-state index in [2.05, 4.69) is 5.32 Å². The van der Waals surface area contributed by atoms with E-state index in [0.717, 1.165) is 12.8 Å². The number of benzene rings is 1. The molecule has 0 aliphatic carbocycles. The number of carbonyl (C=O) groups excluding carboxylic acids is 1. The van der Waals surface area contributed by atoms with Gasteiger partial charge in [-0.25, -0.2) is 4.79 Å². The maximum absolute atomic E-state index is 11.9.